The largest absolute Gasteiger partial charge is 0.480 e. The van der Waals surface area contributed by atoms with Crippen LogP contribution in [0.15, 0.2) is 65.7 Å². The number of hydrogen-bond donors (Lipinski definition) is 3. The van der Waals surface area contributed by atoms with Crippen molar-refractivity contribution in [3.8, 4) is 0 Å². The third kappa shape index (κ3) is 6.05. The van der Waals surface area contributed by atoms with E-state index in [2.05, 4.69) is 10.3 Å². The quantitative estimate of drug-likeness (QED) is 0.499. The van der Waals surface area contributed by atoms with Gasteiger partial charge in [0.15, 0.2) is 6.04 Å². The van der Waals surface area contributed by atoms with Crippen molar-refractivity contribution in [2.24, 2.45) is 4.99 Å². The van der Waals surface area contributed by atoms with E-state index in [1.807, 2.05) is 60.7 Å². The lowest BCUT2D eigenvalue weighted by atomic mass is 10.1. The number of nitrogens with zero attached hydrogens (tertiary/aromatic N) is 1. The monoisotopic (exact) mass is 354 g/mol. The molecule has 2 atom stereocenters. The van der Waals surface area contributed by atoms with Gasteiger partial charge in [-0.05, 0) is 18.1 Å². The van der Waals surface area contributed by atoms with E-state index in [-0.39, 0.29) is 18.7 Å². The number of amidine groups is 1. The van der Waals surface area contributed by atoms with Crippen molar-refractivity contribution < 1.29 is 19.8 Å². The normalized spacial score (nSPS) is 13.7. The number of nitrogens with one attached hydrogen (secondary N) is 1. The van der Waals surface area contributed by atoms with Crippen LogP contribution in [-0.2, 0) is 22.4 Å². The Bertz CT molecular complexity index is 760. The topological polar surface area (TPSA) is 99.0 Å². The highest BCUT2D eigenvalue weighted by Crippen LogP contribution is 2.08. The SMILES string of the molecule is CC(=NC(Cc1ccccc1)C(=O)O)NC(Cc1ccccc1)C(=O)O. The highest BCUT2D eigenvalue weighted by Gasteiger charge is 2.21. The molecule has 0 radical (unpaired) electrons. The molecule has 0 heterocycles. The molecule has 0 saturated carbocycles. The van der Waals surface area contributed by atoms with E-state index in [0.29, 0.717) is 0 Å². The second-order valence-corrected chi connectivity index (χ2v) is 5.98. The lowest BCUT2D eigenvalue weighted by Gasteiger charge is -2.17. The number of benzene rings is 2. The standard InChI is InChI=1S/C20H22N2O4/c1-14(21-17(19(23)24)12-15-8-4-2-5-9-15)22-18(20(25)26)13-16-10-6-3-7-11-16/h2-11,17-18H,12-13H2,1H3,(H,21,22)(H,23,24)(H,25,26). The summed E-state index contributed by atoms with van der Waals surface area (Å²) in [7, 11) is 0. The molecule has 0 aromatic heterocycles. The van der Waals surface area contributed by atoms with Crippen molar-refractivity contribution in [2.45, 2.75) is 31.8 Å². The van der Waals surface area contributed by atoms with Gasteiger partial charge in [0.05, 0.1) is 5.84 Å². The Balaban J connectivity index is 2.08. The number of carboxylic acid groups (broad SMARTS) is 2. The van der Waals surface area contributed by atoms with E-state index in [1.165, 1.54) is 0 Å². The molecule has 0 spiro atoms. The van der Waals surface area contributed by atoms with Gasteiger partial charge in [-0.25, -0.2) is 9.59 Å². The average Bonchev–Trinajstić information content (AvgIpc) is 2.62. The Hall–Kier alpha value is -3.15. The molecule has 2 unspecified atom stereocenters. The van der Waals surface area contributed by atoms with E-state index in [9.17, 15) is 19.8 Å². The maximum absolute atomic E-state index is 11.5. The van der Waals surface area contributed by atoms with Crippen molar-refractivity contribution in [3.05, 3.63) is 71.8 Å². The molecular weight excluding hydrogens is 332 g/mol. The van der Waals surface area contributed by atoms with Crippen LogP contribution in [0.25, 0.3) is 0 Å². The molecule has 2 rings (SSSR count). The zero-order valence-electron chi connectivity index (χ0n) is 14.5. The van der Waals surface area contributed by atoms with E-state index >= 15 is 0 Å². The first kappa shape index (κ1) is 19.2. The predicted molar refractivity (Wildman–Crippen MR) is 99.4 cm³/mol. The second-order valence-electron chi connectivity index (χ2n) is 5.98. The summed E-state index contributed by atoms with van der Waals surface area (Å²) >= 11 is 0. The minimum absolute atomic E-state index is 0.242. The van der Waals surface area contributed by atoms with E-state index in [0.717, 1.165) is 11.1 Å². The zero-order chi connectivity index (χ0) is 18.9. The van der Waals surface area contributed by atoms with Crippen LogP contribution in [0.2, 0.25) is 0 Å². The lowest BCUT2D eigenvalue weighted by Crippen LogP contribution is -2.42. The van der Waals surface area contributed by atoms with Crippen molar-refractivity contribution in [3.63, 3.8) is 0 Å². The summed E-state index contributed by atoms with van der Waals surface area (Å²) in [6, 6.07) is 16.6. The van der Waals surface area contributed by atoms with Crippen LogP contribution in [0.4, 0.5) is 0 Å². The number of aliphatic imine (C=N–C) groups is 1. The van der Waals surface area contributed by atoms with Crippen LogP contribution in [0.5, 0.6) is 0 Å². The van der Waals surface area contributed by atoms with Crippen LogP contribution in [-0.4, -0.2) is 40.1 Å². The molecule has 0 aliphatic heterocycles. The van der Waals surface area contributed by atoms with Gasteiger partial charge in [-0.3, -0.25) is 4.99 Å². The Kier molecular flexibility index (Phi) is 6.91. The summed E-state index contributed by atoms with van der Waals surface area (Å²) < 4.78 is 0. The fourth-order valence-corrected chi connectivity index (χ4v) is 2.60. The Morgan fingerprint density at radius 3 is 1.85 bits per heavy atom. The Morgan fingerprint density at radius 2 is 1.38 bits per heavy atom. The maximum Gasteiger partial charge on any atom is 0.328 e. The van der Waals surface area contributed by atoms with Gasteiger partial charge in [0, 0.05) is 12.8 Å². The molecule has 2 aromatic carbocycles. The van der Waals surface area contributed by atoms with Gasteiger partial charge >= 0.3 is 11.9 Å². The van der Waals surface area contributed by atoms with Crippen LogP contribution in [0.1, 0.15) is 18.1 Å². The molecule has 6 nitrogen and oxygen atoms in total. The summed E-state index contributed by atoms with van der Waals surface area (Å²) in [5.74, 6) is -1.78. The fraction of sp³-hybridized carbons (Fsp3) is 0.250. The number of carbonyl (C=O) groups is 2. The van der Waals surface area contributed by atoms with Crippen LogP contribution in [0, 0.1) is 0 Å². The molecule has 0 amide bonds. The predicted octanol–water partition coefficient (Wildman–Crippen LogP) is 2.39. The minimum atomic E-state index is -1.05. The Morgan fingerprint density at radius 1 is 0.885 bits per heavy atom. The molecule has 6 heteroatoms. The molecule has 136 valence electrons. The molecule has 2 aromatic rings. The minimum Gasteiger partial charge on any atom is -0.480 e. The molecular formula is C20H22N2O4. The van der Waals surface area contributed by atoms with Gasteiger partial charge in [-0.1, -0.05) is 60.7 Å². The number of hydrogen-bond acceptors (Lipinski definition) is 3. The van der Waals surface area contributed by atoms with E-state index < -0.39 is 24.0 Å². The van der Waals surface area contributed by atoms with Gasteiger partial charge in [0.25, 0.3) is 0 Å². The molecule has 26 heavy (non-hydrogen) atoms. The molecule has 0 aliphatic carbocycles. The van der Waals surface area contributed by atoms with Crippen LogP contribution in [0.3, 0.4) is 0 Å². The molecule has 0 fully saturated rings. The first-order valence-electron chi connectivity index (χ1n) is 8.30. The Labute approximate surface area is 152 Å². The third-order valence-electron chi connectivity index (χ3n) is 3.87. The number of carboxylic acids is 2. The first-order chi connectivity index (χ1) is 12.5. The van der Waals surface area contributed by atoms with Gasteiger partial charge in [-0.15, -0.1) is 0 Å². The highest BCUT2D eigenvalue weighted by atomic mass is 16.4. The number of rotatable bonds is 8. The number of aliphatic carboxylic acids is 2. The zero-order valence-corrected chi connectivity index (χ0v) is 14.5. The lowest BCUT2D eigenvalue weighted by molar-refractivity contribution is -0.139. The molecule has 0 saturated heterocycles. The van der Waals surface area contributed by atoms with E-state index in [4.69, 9.17) is 0 Å². The van der Waals surface area contributed by atoms with Gasteiger partial charge < -0.3 is 15.5 Å². The van der Waals surface area contributed by atoms with Gasteiger partial charge in [0.2, 0.25) is 0 Å². The van der Waals surface area contributed by atoms with Crippen molar-refractivity contribution in [1.29, 1.82) is 0 Å². The van der Waals surface area contributed by atoms with Crippen molar-refractivity contribution in [2.75, 3.05) is 0 Å². The summed E-state index contributed by atoms with van der Waals surface area (Å²) in [5.41, 5.74) is 1.73. The summed E-state index contributed by atoms with van der Waals surface area (Å²) in [6.07, 6.45) is 0.519. The summed E-state index contributed by atoms with van der Waals surface area (Å²) in [5, 5.41) is 21.7. The summed E-state index contributed by atoms with van der Waals surface area (Å²) in [4.78, 5) is 27.2. The molecule has 3 N–H and O–H groups in total. The second kappa shape index (κ2) is 9.36. The molecule has 0 bridgehead atoms. The smallest absolute Gasteiger partial charge is 0.328 e. The van der Waals surface area contributed by atoms with Gasteiger partial charge in [0.1, 0.15) is 6.04 Å². The molecule has 0 aliphatic rings. The summed E-state index contributed by atoms with van der Waals surface area (Å²) in [6.45, 7) is 1.59. The highest BCUT2D eigenvalue weighted by molar-refractivity contribution is 5.88. The fourth-order valence-electron chi connectivity index (χ4n) is 2.60. The van der Waals surface area contributed by atoms with E-state index in [1.54, 1.807) is 6.92 Å². The average molecular weight is 354 g/mol. The third-order valence-corrected chi connectivity index (χ3v) is 3.87. The van der Waals surface area contributed by atoms with Crippen molar-refractivity contribution >= 4 is 17.8 Å². The van der Waals surface area contributed by atoms with Crippen LogP contribution < -0.4 is 5.32 Å². The maximum atomic E-state index is 11.5. The van der Waals surface area contributed by atoms with Crippen molar-refractivity contribution in [1.82, 2.24) is 5.32 Å². The van der Waals surface area contributed by atoms with Crippen LogP contribution >= 0.6 is 0 Å². The van der Waals surface area contributed by atoms with Gasteiger partial charge in [-0.2, -0.15) is 0 Å². The first-order valence-corrected chi connectivity index (χ1v) is 8.30.